The van der Waals surface area contributed by atoms with Crippen LogP contribution in [0.1, 0.15) is 36.7 Å². The second-order valence-corrected chi connectivity index (χ2v) is 7.97. The van der Waals surface area contributed by atoms with E-state index in [1.165, 1.54) is 0 Å². The quantitative estimate of drug-likeness (QED) is 0.518. The third-order valence-corrected chi connectivity index (χ3v) is 5.59. The molecule has 28 heavy (non-hydrogen) atoms. The molecule has 1 fully saturated rings. The van der Waals surface area contributed by atoms with E-state index in [0.29, 0.717) is 29.6 Å². The van der Waals surface area contributed by atoms with Gasteiger partial charge in [0.1, 0.15) is 11.9 Å². The van der Waals surface area contributed by atoms with Crippen LogP contribution in [-0.2, 0) is 9.53 Å². The summed E-state index contributed by atoms with van der Waals surface area (Å²) in [5, 5.41) is 0.864. The van der Waals surface area contributed by atoms with Crippen LogP contribution in [-0.4, -0.2) is 36.4 Å². The molecule has 150 valence electrons. The van der Waals surface area contributed by atoms with Crippen molar-refractivity contribution in [1.82, 2.24) is 4.90 Å². The molecule has 2 aromatic carbocycles. The summed E-state index contributed by atoms with van der Waals surface area (Å²) in [7, 11) is 0. The van der Waals surface area contributed by atoms with Crippen molar-refractivity contribution in [2.24, 2.45) is 0 Å². The second kappa shape index (κ2) is 9.95. The molecule has 1 saturated heterocycles. The van der Waals surface area contributed by atoms with Gasteiger partial charge in [-0.05, 0) is 48.4 Å². The van der Waals surface area contributed by atoms with Crippen molar-refractivity contribution >= 4 is 40.0 Å². The number of hydrogen-bond donors (Lipinski definition) is 0. The first kappa shape index (κ1) is 21.4. The van der Waals surface area contributed by atoms with E-state index in [9.17, 15) is 4.79 Å². The van der Waals surface area contributed by atoms with E-state index >= 15 is 0 Å². The second-order valence-electron chi connectivity index (χ2n) is 6.73. The summed E-state index contributed by atoms with van der Waals surface area (Å²) >= 11 is 18.0. The van der Waals surface area contributed by atoms with Crippen molar-refractivity contribution in [3.05, 3.63) is 63.6 Å². The van der Waals surface area contributed by atoms with E-state index in [0.717, 1.165) is 30.0 Å². The van der Waals surface area contributed by atoms with Crippen LogP contribution in [0.2, 0.25) is 10.0 Å². The molecule has 2 atom stereocenters. The van der Waals surface area contributed by atoms with Crippen molar-refractivity contribution in [3.8, 4) is 5.75 Å². The molecular formula is C21H22Cl3NO3. The molecule has 2 unspecified atom stereocenters. The molecule has 0 aromatic heterocycles. The SMILES string of the molecule is CC(Oc1ccc(C2CN(CCC(=O)Cl)CCO2)cc1)c1c(Cl)cccc1Cl. The number of carbonyl (C=O) groups is 1. The summed E-state index contributed by atoms with van der Waals surface area (Å²) in [4.78, 5) is 13.2. The minimum Gasteiger partial charge on any atom is -0.486 e. The normalized spacial score (nSPS) is 18.6. The predicted octanol–water partition coefficient (Wildman–Crippen LogP) is 5.66. The van der Waals surface area contributed by atoms with Gasteiger partial charge in [-0.2, -0.15) is 0 Å². The molecule has 0 spiro atoms. The molecule has 7 heteroatoms. The summed E-state index contributed by atoms with van der Waals surface area (Å²) in [5.41, 5.74) is 1.84. The van der Waals surface area contributed by atoms with E-state index in [2.05, 4.69) is 4.90 Å². The lowest BCUT2D eigenvalue weighted by atomic mass is 10.1. The Morgan fingerprint density at radius 1 is 1.21 bits per heavy atom. The fraction of sp³-hybridized carbons (Fsp3) is 0.381. The van der Waals surface area contributed by atoms with E-state index in [1.807, 2.05) is 37.3 Å². The molecule has 0 saturated carbocycles. The van der Waals surface area contributed by atoms with Gasteiger partial charge in [-0.3, -0.25) is 9.69 Å². The fourth-order valence-electron chi connectivity index (χ4n) is 3.28. The number of halogens is 3. The van der Waals surface area contributed by atoms with Gasteiger partial charge in [0.15, 0.2) is 0 Å². The monoisotopic (exact) mass is 441 g/mol. The van der Waals surface area contributed by atoms with Crippen LogP contribution in [0.25, 0.3) is 0 Å². The molecule has 1 aliphatic rings. The number of nitrogens with zero attached hydrogens (tertiary/aromatic N) is 1. The third kappa shape index (κ3) is 5.62. The van der Waals surface area contributed by atoms with Gasteiger partial charge >= 0.3 is 0 Å². The Labute approximate surface area is 180 Å². The van der Waals surface area contributed by atoms with Gasteiger partial charge in [0, 0.05) is 41.7 Å². The summed E-state index contributed by atoms with van der Waals surface area (Å²) in [5.74, 6) is 0.729. The summed E-state index contributed by atoms with van der Waals surface area (Å²) < 4.78 is 11.9. The van der Waals surface area contributed by atoms with E-state index in [1.54, 1.807) is 12.1 Å². The van der Waals surface area contributed by atoms with E-state index in [-0.39, 0.29) is 17.5 Å². The number of carbonyl (C=O) groups excluding carboxylic acids is 1. The maximum atomic E-state index is 11.0. The van der Waals surface area contributed by atoms with Crippen LogP contribution in [0.5, 0.6) is 5.75 Å². The Hall–Kier alpha value is -1.30. The van der Waals surface area contributed by atoms with Crippen LogP contribution in [0.4, 0.5) is 0 Å². The number of rotatable bonds is 7. The van der Waals surface area contributed by atoms with Gasteiger partial charge in [0.2, 0.25) is 5.24 Å². The maximum Gasteiger partial charge on any atom is 0.222 e. The Kier molecular flexibility index (Phi) is 7.61. The van der Waals surface area contributed by atoms with Gasteiger partial charge in [-0.1, -0.05) is 41.4 Å². The van der Waals surface area contributed by atoms with Gasteiger partial charge in [0.05, 0.1) is 12.7 Å². The first-order valence-electron chi connectivity index (χ1n) is 9.17. The summed E-state index contributed by atoms with van der Waals surface area (Å²) in [6, 6.07) is 13.2. The minimum atomic E-state index is -0.308. The highest BCUT2D eigenvalue weighted by Crippen LogP contribution is 2.33. The first-order valence-corrected chi connectivity index (χ1v) is 10.3. The number of benzene rings is 2. The number of hydrogen-bond acceptors (Lipinski definition) is 4. The Balaban J connectivity index is 1.62. The molecule has 0 bridgehead atoms. The summed E-state index contributed by atoms with van der Waals surface area (Å²) in [6.07, 6.45) is 0.0361. The van der Waals surface area contributed by atoms with Gasteiger partial charge in [0.25, 0.3) is 0 Å². The zero-order valence-corrected chi connectivity index (χ0v) is 17.8. The number of morpholine rings is 1. The molecule has 0 aliphatic carbocycles. The highest BCUT2D eigenvalue weighted by atomic mass is 35.5. The fourth-order valence-corrected chi connectivity index (χ4v) is 4.07. The van der Waals surface area contributed by atoms with E-state index < -0.39 is 0 Å². The lowest BCUT2D eigenvalue weighted by Gasteiger charge is -2.33. The first-order chi connectivity index (χ1) is 13.4. The lowest BCUT2D eigenvalue weighted by Crippen LogP contribution is -2.39. The largest absolute Gasteiger partial charge is 0.486 e. The van der Waals surface area contributed by atoms with Crippen molar-refractivity contribution in [1.29, 1.82) is 0 Å². The Bertz CT molecular complexity index is 793. The van der Waals surface area contributed by atoms with Crippen LogP contribution in [0, 0.1) is 0 Å². The average molecular weight is 443 g/mol. The van der Waals surface area contributed by atoms with Crippen LogP contribution in [0.3, 0.4) is 0 Å². The molecule has 0 radical (unpaired) electrons. The Morgan fingerprint density at radius 2 is 1.89 bits per heavy atom. The standard InChI is InChI=1S/C21H22Cl3NO3/c1-14(21-17(22)3-2-4-18(21)23)28-16-7-5-15(6-8-16)19-13-25(11-12-27-19)10-9-20(24)26/h2-8,14,19H,9-13H2,1H3. The zero-order valence-electron chi connectivity index (χ0n) is 15.5. The molecule has 1 aliphatic heterocycles. The van der Waals surface area contributed by atoms with Crippen molar-refractivity contribution in [3.63, 3.8) is 0 Å². The number of ether oxygens (including phenoxy) is 2. The molecule has 0 amide bonds. The molecule has 0 N–H and O–H groups in total. The Morgan fingerprint density at radius 3 is 2.54 bits per heavy atom. The average Bonchev–Trinajstić information content (AvgIpc) is 2.67. The van der Waals surface area contributed by atoms with E-state index in [4.69, 9.17) is 44.3 Å². The van der Waals surface area contributed by atoms with Crippen molar-refractivity contribution < 1.29 is 14.3 Å². The highest BCUT2D eigenvalue weighted by molar-refractivity contribution is 6.63. The highest BCUT2D eigenvalue weighted by Gasteiger charge is 2.22. The molecule has 3 rings (SSSR count). The van der Waals surface area contributed by atoms with Crippen LogP contribution >= 0.6 is 34.8 Å². The van der Waals surface area contributed by atoms with Gasteiger partial charge < -0.3 is 9.47 Å². The topological polar surface area (TPSA) is 38.8 Å². The van der Waals surface area contributed by atoms with Crippen LogP contribution in [0.15, 0.2) is 42.5 Å². The lowest BCUT2D eigenvalue weighted by molar-refractivity contribution is -0.112. The van der Waals surface area contributed by atoms with Crippen LogP contribution < -0.4 is 4.74 Å². The van der Waals surface area contributed by atoms with Gasteiger partial charge in [-0.15, -0.1) is 0 Å². The molecular weight excluding hydrogens is 421 g/mol. The molecule has 2 aromatic rings. The zero-order chi connectivity index (χ0) is 20.1. The van der Waals surface area contributed by atoms with Gasteiger partial charge in [-0.25, -0.2) is 0 Å². The molecule has 1 heterocycles. The third-order valence-electron chi connectivity index (χ3n) is 4.75. The van der Waals surface area contributed by atoms with Crippen molar-refractivity contribution in [2.45, 2.75) is 25.6 Å². The summed E-state index contributed by atoms with van der Waals surface area (Å²) in [6.45, 7) is 4.73. The smallest absolute Gasteiger partial charge is 0.222 e. The maximum absolute atomic E-state index is 11.0. The minimum absolute atomic E-state index is 0.0383. The predicted molar refractivity (Wildman–Crippen MR) is 113 cm³/mol. The molecule has 4 nitrogen and oxygen atoms in total. The van der Waals surface area contributed by atoms with Crippen molar-refractivity contribution in [2.75, 3.05) is 26.2 Å².